The Morgan fingerprint density at radius 2 is 1.90 bits per heavy atom. The second-order valence-corrected chi connectivity index (χ2v) is 13.8. The third kappa shape index (κ3) is 7.98. The second-order valence-electron chi connectivity index (χ2n) is 12.1. The van der Waals surface area contributed by atoms with Crippen molar-refractivity contribution < 1.29 is 51.7 Å². The van der Waals surface area contributed by atoms with Gasteiger partial charge in [0.05, 0.1) is 12.4 Å². The average Bonchev–Trinajstić information content (AvgIpc) is 3.50. The van der Waals surface area contributed by atoms with Crippen LogP contribution in [0.3, 0.4) is 0 Å². The first kappa shape index (κ1) is 37.2. The van der Waals surface area contributed by atoms with Gasteiger partial charge in [-0.05, 0) is 52.7 Å². The molecule has 1 aliphatic rings. The average molecular weight is 699 g/mol. The molecule has 18 heteroatoms. The van der Waals surface area contributed by atoms with Crippen molar-refractivity contribution in [3.63, 3.8) is 0 Å². The van der Waals surface area contributed by atoms with Crippen molar-refractivity contribution in [1.82, 2.24) is 24.6 Å². The van der Waals surface area contributed by atoms with Gasteiger partial charge in [0.1, 0.15) is 30.8 Å². The third-order valence-corrected chi connectivity index (χ3v) is 9.06. The Morgan fingerprint density at radius 1 is 1.21 bits per heavy atom. The number of fused-ring (bicyclic) bond motifs is 1. The highest BCUT2D eigenvalue weighted by Gasteiger charge is 2.65. The number of alkyl halides is 2. The molecule has 0 saturated carbocycles. The lowest BCUT2D eigenvalue weighted by Gasteiger charge is -2.28. The van der Waals surface area contributed by atoms with E-state index in [4.69, 9.17) is 23.6 Å². The van der Waals surface area contributed by atoms with Crippen LogP contribution >= 0.6 is 7.75 Å². The Hall–Kier alpha value is -3.60. The number of aryl methyl sites for hydroxylation is 2. The second kappa shape index (κ2) is 14.5. The zero-order chi connectivity index (χ0) is 35.6. The third-order valence-electron chi connectivity index (χ3n) is 7.45. The van der Waals surface area contributed by atoms with E-state index in [1.807, 2.05) is 0 Å². The zero-order valence-corrected chi connectivity index (χ0v) is 28.6. The number of nitrogens with one attached hydrogen (secondary N) is 1. The van der Waals surface area contributed by atoms with Gasteiger partial charge in [-0.2, -0.15) is 5.09 Å². The van der Waals surface area contributed by atoms with Crippen LogP contribution in [-0.4, -0.2) is 98.6 Å². The summed E-state index contributed by atoms with van der Waals surface area (Å²) in [5, 5.41) is 22.5. The van der Waals surface area contributed by atoms with Gasteiger partial charge in [0.2, 0.25) is 0 Å². The number of nitrogens with zero attached hydrogens (tertiary/aromatic N) is 5. The molecule has 48 heavy (non-hydrogen) atoms. The van der Waals surface area contributed by atoms with E-state index in [0.717, 1.165) is 11.5 Å². The van der Waals surface area contributed by atoms with E-state index in [9.17, 15) is 19.3 Å². The van der Waals surface area contributed by atoms with Crippen LogP contribution in [0.4, 0.5) is 14.6 Å². The summed E-state index contributed by atoms with van der Waals surface area (Å²) in [4.78, 5) is 39.0. The number of anilines is 1. The summed E-state index contributed by atoms with van der Waals surface area (Å²) in [5.41, 5.74) is -2.02. The van der Waals surface area contributed by atoms with E-state index >= 15 is 8.78 Å². The van der Waals surface area contributed by atoms with Crippen molar-refractivity contribution in [2.45, 2.75) is 83.5 Å². The van der Waals surface area contributed by atoms with E-state index in [-0.39, 0.29) is 29.8 Å². The summed E-state index contributed by atoms with van der Waals surface area (Å²) in [6.45, 7) is 5.07. The number of benzene rings is 1. The van der Waals surface area contributed by atoms with Gasteiger partial charge in [-0.25, -0.2) is 28.3 Å². The molecule has 3 heterocycles. The monoisotopic (exact) mass is 698 g/mol. The van der Waals surface area contributed by atoms with E-state index in [2.05, 4.69) is 20.0 Å². The summed E-state index contributed by atoms with van der Waals surface area (Å²) in [5.74, 6) is -3.89. The van der Waals surface area contributed by atoms with Crippen molar-refractivity contribution in [3.05, 3.63) is 42.0 Å². The highest BCUT2D eigenvalue weighted by atomic mass is 31.2. The number of aliphatic hydroxyl groups excluding tert-OH is 2. The summed E-state index contributed by atoms with van der Waals surface area (Å²) >= 11 is 0. The van der Waals surface area contributed by atoms with Crippen molar-refractivity contribution in [2.24, 2.45) is 0 Å². The Labute approximate surface area is 276 Å². The number of aromatic nitrogens is 4. The number of ketones is 1. The van der Waals surface area contributed by atoms with Gasteiger partial charge >= 0.3 is 13.7 Å². The molecular formula is C30H41F2N6O9P. The number of hydrogen-bond acceptors (Lipinski definition) is 13. The molecule has 0 bridgehead atoms. The van der Waals surface area contributed by atoms with Crippen LogP contribution in [0.25, 0.3) is 11.2 Å². The fraction of sp³-hybridized carbons (Fsp3) is 0.567. The lowest BCUT2D eigenvalue weighted by molar-refractivity contribution is -0.202. The molecule has 0 spiro atoms. The number of carbonyl (C=O) groups excluding carboxylic acids is 2. The predicted octanol–water partition coefficient (Wildman–Crippen LogP) is 3.11. The number of esters is 1. The molecule has 3 N–H and O–H groups in total. The highest BCUT2D eigenvalue weighted by Crippen LogP contribution is 2.52. The van der Waals surface area contributed by atoms with Gasteiger partial charge in [-0.3, -0.25) is 18.7 Å². The van der Waals surface area contributed by atoms with Crippen molar-refractivity contribution in [3.8, 4) is 5.75 Å². The number of para-hydroxylation sites is 1. The van der Waals surface area contributed by atoms with Crippen LogP contribution in [0.15, 0.2) is 30.6 Å². The topological polar surface area (TPSA) is 187 Å². The number of carbonyl (C=O) groups is 2. The Bertz CT molecular complexity index is 1690. The molecule has 1 aromatic carbocycles. The summed E-state index contributed by atoms with van der Waals surface area (Å²) in [7, 11) is -1.31. The molecule has 4 rings (SSSR count). The fourth-order valence-electron chi connectivity index (χ4n) is 5.02. The molecule has 1 saturated heterocycles. The maximum Gasteiger partial charge on any atom is 0.459 e. The molecule has 1 unspecified atom stereocenters. The minimum absolute atomic E-state index is 0.0471. The molecule has 15 nitrogen and oxygen atoms in total. The highest BCUT2D eigenvalue weighted by molar-refractivity contribution is 7.52. The first-order valence-electron chi connectivity index (χ1n) is 15.2. The van der Waals surface area contributed by atoms with Crippen molar-refractivity contribution >= 4 is 36.5 Å². The Kier molecular flexibility index (Phi) is 11.2. The Morgan fingerprint density at radius 3 is 2.54 bits per heavy atom. The molecule has 0 aliphatic carbocycles. The number of imidazole rings is 1. The largest absolute Gasteiger partial charge is 0.462 e. The minimum Gasteiger partial charge on any atom is -0.462 e. The van der Waals surface area contributed by atoms with E-state index in [1.54, 1.807) is 51.9 Å². The molecule has 3 aromatic rings. The van der Waals surface area contributed by atoms with Gasteiger partial charge in [0.25, 0.3) is 5.85 Å². The molecule has 1 fully saturated rings. The maximum atomic E-state index is 16.5. The lowest BCUT2D eigenvalue weighted by Crippen LogP contribution is -2.47. The SMILES string of the molecule is Cc1nc(N(C)C)c2ncn([C@@H]3O[C@](F)(COP(=O)(N[C@@H](C)C(=O)OC(C)C)Oc4ccccc4CCC(=O)CO)[C@@H](O)[C@@]3(C)F)c2n1. The molecule has 2 aromatic heterocycles. The quantitative estimate of drug-likeness (QED) is 0.155. The maximum absolute atomic E-state index is 16.5. The minimum atomic E-state index is -4.77. The predicted molar refractivity (Wildman–Crippen MR) is 169 cm³/mol. The van der Waals surface area contributed by atoms with Gasteiger partial charge in [0, 0.05) is 20.5 Å². The van der Waals surface area contributed by atoms with Crippen molar-refractivity contribution in [1.29, 1.82) is 0 Å². The van der Waals surface area contributed by atoms with Gasteiger partial charge in [0.15, 0.2) is 40.8 Å². The van der Waals surface area contributed by atoms with Crippen LogP contribution in [0.5, 0.6) is 5.75 Å². The van der Waals surface area contributed by atoms with Gasteiger partial charge in [-0.15, -0.1) is 0 Å². The van der Waals surface area contributed by atoms with Crippen LogP contribution in [0.1, 0.15) is 51.7 Å². The number of halogens is 2. The zero-order valence-electron chi connectivity index (χ0n) is 27.7. The fourth-order valence-corrected chi connectivity index (χ4v) is 6.57. The van der Waals surface area contributed by atoms with E-state index < -0.39 is 68.7 Å². The number of hydrogen-bond donors (Lipinski definition) is 3. The lowest BCUT2D eigenvalue weighted by atomic mass is 9.97. The molecule has 264 valence electrons. The number of aliphatic hydroxyl groups is 2. The van der Waals surface area contributed by atoms with Crippen LogP contribution in [-0.2, 0) is 34.6 Å². The summed E-state index contributed by atoms with van der Waals surface area (Å²) in [6, 6.07) is 4.84. The van der Waals surface area contributed by atoms with Crippen molar-refractivity contribution in [2.75, 3.05) is 32.2 Å². The number of rotatable bonds is 15. The molecule has 6 atom stereocenters. The molecule has 0 amide bonds. The molecular weight excluding hydrogens is 657 g/mol. The first-order chi connectivity index (χ1) is 22.4. The van der Waals surface area contributed by atoms with Gasteiger partial charge in [-0.1, -0.05) is 18.2 Å². The first-order valence-corrected chi connectivity index (χ1v) is 16.7. The smallest absolute Gasteiger partial charge is 0.459 e. The van der Waals surface area contributed by atoms with Crippen LogP contribution in [0.2, 0.25) is 0 Å². The Balaban J connectivity index is 1.65. The van der Waals surface area contributed by atoms with E-state index in [0.29, 0.717) is 17.2 Å². The molecule has 0 radical (unpaired) electrons. The standard InChI is InChI=1S/C30H41F2N6O9P/c1-17(2)45-26(41)18(3)36-48(43,47-22-11-9-8-10-20(22)12-13-21(40)14-39)44-15-30(32)27(42)29(5,31)28(46-30)38-16-33-23-24(37(6)7)34-19(4)35-25(23)38/h8-11,16-18,27-28,39,42H,12-15H2,1-7H3,(H,36,43)/t18-,27-,28+,29+,30+,48?/m0/s1. The molecule has 1 aliphatic heterocycles. The number of Topliss-reactive ketones (excluding diaryl/α,β-unsaturated/α-hetero) is 1. The summed E-state index contributed by atoms with van der Waals surface area (Å²) in [6.07, 6.45) is -3.62. The number of ether oxygens (including phenoxy) is 2. The van der Waals surface area contributed by atoms with Crippen LogP contribution < -0.4 is 14.5 Å². The van der Waals surface area contributed by atoms with Crippen LogP contribution in [0, 0.1) is 6.92 Å². The van der Waals surface area contributed by atoms with E-state index in [1.165, 1.54) is 25.4 Å². The normalized spacial score (nSPS) is 24.4. The van der Waals surface area contributed by atoms with Gasteiger partial charge < -0.3 is 29.1 Å². The summed E-state index contributed by atoms with van der Waals surface area (Å²) < 4.78 is 70.0.